The number of fused-ring (bicyclic) bond motifs is 1. The van der Waals surface area contributed by atoms with Crippen molar-refractivity contribution in [3.63, 3.8) is 0 Å². The van der Waals surface area contributed by atoms with E-state index in [0.717, 1.165) is 12.0 Å². The Morgan fingerprint density at radius 2 is 1.95 bits per heavy atom. The maximum Gasteiger partial charge on any atom is 0.253 e. The highest BCUT2D eigenvalue weighted by Crippen LogP contribution is 2.36. The summed E-state index contributed by atoms with van der Waals surface area (Å²) in [6, 6.07) is 12.4. The van der Waals surface area contributed by atoms with E-state index in [4.69, 9.17) is 0 Å². The van der Waals surface area contributed by atoms with Crippen molar-refractivity contribution in [2.24, 2.45) is 0 Å². The standard InChI is InChI=1S/C16H12Br2FNO/c17-12-8-9-4-1-2-5-10(9)15(12)20-16(21)11-6-3-7-13(19)14(11)18/h1-7,12,15H,8H2,(H,20,21). The Labute approximate surface area is 139 Å². The topological polar surface area (TPSA) is 29.1 Å². The Morgan fingerprint density at radius 1 is 1.19 bits per heavy atom. The Bertz CT molecular complexity index is 704. The van der Waals surface area contributed by atoms with E-state index >= 15 is 0 Å². The molecule has 108 valence electrons. The Balaban J connectivity index is 1.87. The second-order valence-corrected chi connectivity index (χ2v) is 6.94. The molecule has 2 unspecified atom stereocenters. The third-order valence-electron chi connectivity index (χ3n) is 3.65. The van der Waals surface area contributed by atoms with Gasteiger partial charge in [0.05, 0.1) is 16.1 Å². The number of halogens is 3. The molecule has 0 fully saturated rings. The molecule has 2 aromatic rings. The van der Waals surface area contributed by atoms with Crippen molar-refractivity contribution >= 4 is 37.8 Å². The summed E-state index contributed by atoms with van der Waals surface area (Å²) >= 11 is 6.75. The van der Waals surface area contributed by atoms with Crippen molar-refractivity contribution in [2.75, 3.05) is 0 Å². The molecule has 0 heterocycles. The third-order valence-corrected chi connectivity index (χ3v) is 5.31. The predicted octanol–water partition coefficient (Wildman–Crippen LogP) is 4.38. The average Bonchev–Trinajstić information content (AvgIpc) is 2.78. The minimum atomic E-state index is -0.440. The molecule has 0 spiro atoms. The van der Waals surface area contributed by atoms with Gasteiger partial charge in [0.25, 0.3) is 5.91 Å². The summed E-state index contributed by atoms with van der Waals surface area (Å²) < 4.78 is 13.7. The lowest BCUT2D eigenvalue weighted by atomic mass is 10.1. The molecule has 2 aromatic carbocycles. The quantitative estimate of drug-likeness (QED) is 0.728. The molecule has 0 aromatic heterocycles. The Kier molecular flexibility index (Phi) is 4.13. The summed E-state index contributed by atoms with van der Waals surface area (Å²) in [5, 5.41) is 2.99. The van der Waals surface area contributed by atoms with E-state index in [1.54, 1.807) is 6.07 Å². The number of rotatable bonds is 2. The van der Waals surface area contributed by atoms with Crippen molar-refractivity contribution in [3.8, 4) is 0 Å². The van der Waals surface area contributed by atoms with Gasteiger partial charge in [0.15, 0.2) is 0 Å². The van der Waals surface area contributed by atoms with Crippen LogP contribution in [0.2, 0.25) is 0 Å². The van der Waals surface area contributed by atoms with Gasteiger partial charge in [0.2, 0.25) is 0 Å². The van der Waals surface area contributed by atoms with E-state index in [9.17, 15) is 9.18 Å². The first-order valence-electron chi connectivity index (χ1n) is 6.54. The van der Waals surface area contributed by atoms with Gasteiger partial charge in [-0.05, 0) is 45.6 Å². The van der Waals surface area contributed by atoms with Crippen LogP contribution in [0.4, 0.5) is 4.39 Å². The predicted molar refractivity (Wildman–Crippen MR) is 87.2 cm³/mol. The van der Waals surface area contributed by atoms with Crippen molar-refractivity contribution < 1.29 is 9.18 Å². The lowest BCUT2D eigenvalue weighted by molar-refractivity contribution is 0.0936. The van der Waals surface area contributed by atoms with Gasteiger partial charge in [0.1, 0.15) is 5.82 Å². The normalized spacial score (nSPS) is 20.1. The molecule has 1 N–H and O–H groups in total. The molecule has 0 radical (unpaired) electrons. The second-order valence-electron chi connectivity index (χ2n) is 4.97. The van der Waals surface area contributed by atoms with Gasteiger partial charge in [-0.1, -0.05) is 46.3 Å². The first kappa shape index (κ1) is 14.7. The molecule has 2 atom stereocenters. The fourth-order valence-electron chi connectivity index (χ4n) is 2.61. The van der Waals surface area contributed by atoms with Crippen LogP contribution in [0.1, 0.15) is 27.5 Å². The Morgan fingerprint density at radius 3 is 2.76 bits per heavy atom. The van der Waals surface area contributed by atoms with Gasteiger partial charge in [0, 0.05) is 4.83 Å². The van der Waals surface area contributed by atoms with E-state index in [2.05, 4.69) is 43.2 Å². The maximum atomic E-state index is 13.5. The summed E-state index contributed by atoms with van der Waals surface area (Å²) in [5.41, 5.74) is 2.64. The van der Waals surface area contributed by atoms with Crippen LogP contribution in [-0.2, 0) is 6.42 Å². The zero-order chi connectivity index (χ0) is 15.0. The van der Waals surface area contributed by atoms with Crippen LogP contribution in [0.5, 0.6) is 0 Å². The third kappa shape index (κ3) is 2.77. The highest BCUT2D eigenvalue weighted by atomic mass is 79.9. The summed E-state index contributed by atoms with van der Waals surface area (Å²) in [5.74, 6) is -0.725. The molecule has 0 saturated heterocycles. The van der Waals surface area contributed by atoms with E-state index in [0.29, 0.717) is 5.56 Å². The monoisotopic (exact) mass is 411 g/mol. The molecule has 0 aliphatic heterocycles. The number of benzene rings is 2. The average molecular weight is 413 g/mol. The van der Waals surface area contributed by atoms with Crippen LogP contribution in [0, 0.1) is 5.82 Å². The molecule has 0 saturated carbocycles. The summed E-state index contributed by atoms with van der Waals surface area (Å²) in [4.78, 5) is 12.5. The second kappa shape index (κ2) is 5.89. The number of hydrogen-bond donors (Lipinski definition) is 1. The van der Waals surface area contributed by atoms with Crippen LogP contribution >= 0.6 is 31.9 Å². The van der Waals surface area contributed by atoms with E-state index in [-0.39, 0.29) is 21.2 Å². The van der Waals surface area contributed by atoms with E-state index in [1.807, 2.05) is 18.2 Å². The number of carbonyl (C=O) groups is 1. The number of nitrogens with one attached hydrogen (secondary N) is 1. The van der Waals surface area contributed by atoms with Crippen LogP contribution in [0.3, 0.4) is 0 Å². The largest absolute Gasteiger partial charge is 0.344 e. The van der Waals surface area contributed by atoms with Crippen molar-refractivity contribution in [3.05, 3.63) is 69.4 Å². The minimum absolute atomic E-state index is 0.108. The van der Waals surface area contributed by atoms with Crippen LogP contribution in [0.15, 0.2) is 46.9 Å². The van der Waals surface area contributed by atoms with Gasteiger partial charge in [-0.3, -0.25) is 4.79 Å². The Hall–Kier alpha value is -1.20. The van der Waals surface area contributed by atoms with Crippen LogP contribution < -0.4 is 5.32 Å². The zero-order valence-electron chi connectivity index (χ0n) is 10.9. The first-order valence-corrected chi connectivity index (χ1v) is 8.25. The highest BCUT2D eigenvalue weighted by molar-refractivity contribution is 9.10. The highest BCUT2D eigenvalue weighted by Gasteiger charge is 2.32. The number of amides is 1. The summed E-state index contributed by atoms with van der Waals surface area (Å²) in [6.45, 7) is 0. The zero-order valence-corrected chi connectivity index (χ0v) is 14.1. The van der Waals surface area contributed by atoms with Gasteiger partial charge in [-0.25, -0.2) is 4.39 Å². The molecule has 0 bridgehead atoms. The van der Waals surface area contributed by atoms with Crippen molar-refractivity contribution in [1.29, 1.82) is 0 Å². The summed E-state index contributed by atoms with van der Waals surface area (Å²) in [6.07, 6.45) is 0.867. The van der Waals surface area contributed by atoms with Crippen molar-refractivity contribution in [2.45, 2.75) is 17.3 Å². The smallest absolute Gasteiger partial charge is 0.253 e. The molecular weight excluding hydrogens is 401 g/mol. The fourth-order valence-corrected chi connectivity index (χ4v) is 3.82. The minimum Gasteiger partial charge on any atom is -0.344 e. The number of alkyl halides is 1. The SMILES string of the molecule is O=C(NC1c2ccccc2CC1Br)c1cccc(F)c1Br. The van der Waals surface area contributed by atoms with Gasteiger partial charge in [-0.2, -0.15) is 0 Å². The number of carbonyl (C=O) groups excluding carboxylic acids is 1. The van der Waals surface area contributed by atoms with Crippen LogP contribution in [-0.4, -0.2) is 10.7 Å². The lowest BCUT2D eigenvalue weighted by Crippen LogP contribution is -2.32. The molecule has 2 nitrogen and oxygen atoms in total. The lowest BCUT2D eigenvalue weighted by Gasteiger charge is -2.18. The van der Waals surface area contributed by atoms with E-state index in [1.165, 1.54) is 17.7 Å². The van der Waals surface area contributed by atoms with Gasteiger partial charge >= 0.3 is 0 Å². The molecule has 5 heteroatoms. The van der Waals surface area contributed by atoms with Gasteiger partial charge in [-0.15, -0.1) is 0 Å². The fraction of sp³-hybridized carbons (Fsp3) is 0.188. The molecular formula is C16H12Br2FNO. The van der Waals surface area contributed by atoms with Crippen molar-refractivity contribution in [1.82, 2.24) is 5.32 Å². The molecule has 1 amide bonds. The molecule has 21 heavy (non-hydrogen) atoms. The summed E-state index contributed by atoms with van der Waals surface area (Å²) in [7, 11) is 0. The van der Waals surface area contributed by atoms with Crippen LogP contribution in [0.25, 0.3) is 0 Å². The van der Waals surface area contributed by atoms with Gasteiger partial charge < -0.3 is 5.32 Å². The first-order chi connectivity index (χ1) is 10.1. The maximum absolute atomic E-state index is 13.5. The molecule has 1 aliphatic rings. The number of hydrogen-bond acceptors (Lipinski definition) is 1. The van der Waals surface area contributed by atoms with E-state index < -0.39 is 5.82 Å². The molecule has 3 rings (SSSR count). The molecule has 1 aliphatic carbocycles.